The predicted octanol–water partition coefficient (Wildman–Crippen LogP) is 9.90. The SMILES string of the molecule is CCC(CC)N1C(=O)c2c(C)cc3c4cc(Br)c5c6c(c(Br)cc(c7cc(Br)c(c2c37)C1=O)c64)C(=O)N(C(CC)CC)C5=O. The Labute approximate surface area is 279 Å². The van der Waals surface area contributed by atoms with E-state index in [1.807, 2.05) is 58.9 Å². The molecule has 0 spiro atoms. The first-order valence-electron chi connectivity index (χ1n) is 15.1. The van der Waals surface area contributed by atoms with Crippen LogP contribution in [0.15, 0.2) is 37.7 Å². The van der Waals surface area contributed by atoms with Crippen molar-refractivity contribution in [3.63, 3.8) is 0 Å². The summed E-state index contributed by atoms with van der Waals surface area (Å²) < 4.78 is 1.81. The summed E-state index contributed by atoms with van der Waals surface area (Å²) in [5, 5.41) is 6.34. The lowest BCUT2D eigenvalue weighted by Crippen LogP contribution is -2.47. The minimum Gasteiger partial charge on any atom is -0.271 e. The van der Waals surface area contributed by atoms with Gasteiger partial charge >= 0.3 is 0 Å². The Morgan fingerprint density at radius 3 is 1.14 bits per heavy atom. The molecule has 0 atom stereocenters. The minimum atomic E-state index is -0.301. The van der Waals surface area contributed by atoms with Crippen LogP contribution in [0.3, 0.4) is 0 Å². The molecule has 5 aromatic carbocycles. The Hall–Kier alpha value is -2.88. The molecular formula is C35H29Br3N2O4. The van der Waals surface area contributed by atoms with E-state index in [1.165, 1.54) is 9.80 Å². The van der Waals surface area contributed by atoms with Gasteiger partial charge in [0.1, 0.15) is 0 Å². The fraction of sp³-hybridized carbons (Fsp3) is 0.314. The van der Waals surface area contributed by atoms with Crippen LogP contribution in [0.1, 0.15) is 100 Å². The molecule has 0 saturated carbocycles. The molecule has 0 aliphatic carbocycles. The molecular weight excluding hydrogens is 752 g/mol. The molecule has 2 heterocycles. The summed E-state index contributed by atoms with van der Waals surface area (Å²) in [5.74, 6) is -1.16. The van der Waals surface area contributed by atoms with Crippen LogP contribution in [0, 0.1) is 6.92 Å². The summed E-state index contributed by atoms with van der Waals surface area (Å²) in [5.41, 5.74) is 2.77. The summed E-state index contributed by atoms with van der Waals surface area (Å²) in [4.78, 5) is 59.3. The summed E-state index contributed by atoms with van der Waals surface area (Å²) in [6.45, 7) is 9.89. The number of amides is 4. The van der Waals surface area contributed by atoms with Crippen molar-refractivity contribution in [2.45, 2.75) is 72.4 Å². The van der Waals surface area contributed by atoms with E-state index in [2.05, 4.69) is 47.8 Å². The molecule has 0 N–H and O–H groups in total. The molecule has 4 amide bonds. The molecule has 0 unspecified atom stereocenters. The fourth-order valence-electron chi connectivity index (χ4n) is 7.70. The average Bonchev–Trinajstić information content (AvgIpc) is 2.98. The highest BCUT2D eigenvalue weighted by atomic mass is 79.9. The van der Waals surface area contributed by atoms with E-state index in [1.54, 1.807) is 0 Å². The number of halogens is 3. The van der Waals surface area contributed by atoms with Crippen LogP contribution in [0.2, 0.25) is 0 Å². The van der Waals surface area contributed by atoms with E-state index >= 15 is 0 Å². The standard InChI is InChI=1S/C35H29Br3N2O4/c1-6-15(7-2)39-32(41)24-14(5)10-17-18-11-22(37)28-31-26(18)20(19-12-21(36)27(33(39)42)30(24)25(17)19)13-23(38)29(31)35(44)40(34(28)43)16(8-3)9-4/h10-13,15-16H,6-9H2,1-5H3. The maximum Gasteiger partial charge on any atom is 0.262 e. The Morgan fingerprint density at radius 2 is 0.795 bits per heavy atom. The zero-order valence-corrected chi connectivity index (χ0v) is 29.7. The number of aryl methyl sites for hydroxylation is 1. The minimum absolute atomic E-state index is 0.199. The van der Waals surface area contributed by atoms with Gasteiger partial charge in [0.25, 0.3) is 23.6 Å². The van der Waals surface area contributed by atoms with Gasteiger partial charge in [0.2, 0.25) is 0 Å². The van der Waals surface area contributed by atoms with Gasteiger partial charge in [-0.1, -0.05) is 27.7 Å². The number of nitrogens with zero attached hydrogens (tertiary/aromatic N) is 2. The van der Waals surface area contributed by atoms with E-state index in [-0.39, 0.29) is 35.7 Å². The van der Waals surface area contributed by atoms with Crippen LogP contribution in [0.25, 0.3) is 43.1 Å². The molecule has 0 radical (unpaired) electrons. The van der Waals surface area contributed by atoms with E-state index < -0.39 is 0 Å². The van der Waals surface area contributed by atoms with Gasteiger partial charge in [-0.2, -0.15) is 0 Å². The molecule has 0 saturated heterocycles. The van der Waals surface area contributed by atoms with Gasteiger partial charge in [0.15, 0.2) is 0 Å². The van der Waals surface area contributed by atoms with Crippen molar-refractivity contribution in [2.75, 3.05) is 0 Å². The molecule has 9 heteroatoms. The third-order valence-electron chi connectivity index (χ3n) is 9.79. The second-order valence-corrected chi connectivity index (χ2v) is 14.4. The third kappa shape index (κ3) is 3.63. The normalized spacial score (nSPS) is 15.2. The van der Waals surface area contributed by atoms with Gasteiger partial charge < -0.3 is 0 Å². The van der Waals surface area contributed by atoms with Gasteiger partial charge in [0.05, 0.1) is 22.3 Å². The van der Waals surface area contributed by atoms with Gasteiger partial charge in [0, 0.05) is 36.3 Å². The molecule has 44 heavy (non-hydrogen) atoms. The molecule has 0 fully saturated rings. The predicted molar refractivity (Wildman–Crippen MR) is 185 cm³/mol. The van der Waals surface area contributed by atoms with Crippen LogP contribution < -0.4 is 0 Å². The summed E-state index contributed by atoms with van der Waals surface area (Å²) >= 11 is 11.2. The molecule has 0 aromatic heterocycles. The first kappa shape index (κ1) is 29.8. The highest BCUT2D eigenvalue weighted by Crippen LogP contribution is 2.51. The van der Waals surface area contributed by atoms with Gasteiger partial charge in [-0.05, 0) is 143 Å². The number of carbonyl (C=O) groups is 4. The number of benzene rings is 5. The van der Waals surface area contributed by atoms with Gasteiger partial charge in [-0.25, -0.2) is 0 Å². The van der Waals surface area contributed by atoms with Crippen LogP contribution in [0.4, 0.5) is 0 Å². The molecule has 5 aromatic rings. The molecule has 7 rings (SSSR count). The Morgan fingerprint density at radius 1 is 0.500 bits per heavy atom. The lowest BCUT2D eigenvalue weighted by Gasteiger charge is -2.36. The summed E-state index contributed by atoms with van der Waals surface area (Å²) in [7, 11) is 0. The number of fused-ring (bicyclic) bond motifs is 2. The van der Waals surface area contributed by atoms with Gasteiger partial charge in [-0.15, -0.1) is 0 Å². The van der Waals surface area contributed by atoms with E-state index in [4.69, 9.17) is 0 Å². The quantitative estimate of drug-likeness (QED) is 0.0977. The van der Waals surface area contributed by atoms with E-state index in [0.717, 1.165) is 37.9 Å². The lowest BCUT2D eigenvalue weighted by atomic mass is 9.80. The van der Waals surface area contributed by atoms with Crippen LogP contribution >= 0.6 is 47.8 Å². The third-order valence-corrected chi connectivity index (χ3v) is 11.7. The number of hydrogen-bond donors (Lipinski definition) is 0. The zero-order valence-electron chi connectivity index (χ0n) is 25.0. The van der Waals surface area contributed by atoms with Crippen molar-refractivity contribution in [3.05, 3.63) is 65.5 Å². The second kappa shape index (κ2) is 10.3. The molecule has 2 aliphatic heterocycles. The molecule has 224 valence electrons. The van der Waals surface area contributed by atoms with Crippen LogP contribution in [-0.2, 0) is 0 Å². The molecule has 2 aliphatic rings. The van der Waals surface area contributed by atoms with Gasteiger partial charge in [-0.3, -0.25) is 29.0 Å². The highest BCUT2D eigenvalue weighted by Gasteiger charge is 2.42. The lowest BCUT2D eigenvalue weighted by molar-refractivity contribution is 0.0513. The average molecular weight is 781 g/mol. The van der Waals surface area contributed by atoms with Crippen LogP contribution in [-0.4, -0.2) is 45.5 Å². The Kier molecular flexibility index (Phi) is 6.99. The first-order chi connectivity index (χ1) is 21.0. The van der Waals surface area contributed by atoms with Crippen molar-refractivity contribution in [1.82, 2.24) is 9.80 Å². The molecule has 6 nitrogen and oxygen atoms in total. The maximum atomic E-state index is 14.1. The van der Waals surface area contributed by atoms with Crippen molar-refractivity contribution in [1.29, 1.82) is 0 Å². The highest BCUT2D eigenvalue weighted by molar-refractivity contribution is 9.11. The smallest absolute Gasteiger partial charge is 0.262 e. The zero-order chi connectivity index (χ0) is 31.5. The fourth-order valence-corrected chi connectivity index (χ4v) is 9.49. The maximum absolute atomic E-state index is 14.1. The summed E-state index contributed by atoms with van der Waals surface area (Å²) in [6, 6.07) is 7.48. The Balaban J connectivity index is 1.67. The van der Waals surface area contributed by atoms with Crippen molar-refractivity contribution >= 4 is 115 Å². The number of hydrogen-bond acceptors (Lipinski definition) is 4. The monoisotopic (exact) mass is 778 g/mol. The summed E-state index contributed by atoms with van der Waals surface area (Å²) in [6.07, 6.45) is 2.68. The number of imide groups is 2. The number of rotatable bonds is 6. The first-order valence-corrected chi connectivity index (χ1v) is 17.4. The number of carbonyl (C=O) groups excluding carboxylic acids is 4. The largest absolute Gasteiger partial charge is 0.271 e. The van der Waals surface area contributed by atoms with Crippen molar-refractivity contribution in [3.8, 4) is 0 Å². The van der Waals surface area contributed by atoms with Crippen molar-refractivity contribution in [2.24, 2.45) is 0 Å². The second-order valence-electron chi connectivity index (χ2n) is 11.9. The van der Waals surface area contributed by atoms with E-state index in [9.17, 15) is 19.2 Å². The van der Waals surface area contributed by atoms with E-state index in [0.29, 0.717) is 72.1 Å². The Bertz CT molecular complexity index is 1880. The topological polar surface area (TPSA) is 74.8 Å². The molecule has 0 bridgehead atoms. The van der Waals surface area contributed by atoms with Crippen molar-refractivity contribution < 1.29 is 19.2 Å². The van der Waals surface area contributed by atoms with Crippen LogP contribution in [0.5, 0.6) is 0 Å².